The number of benzene rings is 1. The summed E-state index contributed by atoms with van der Waals surface area (Å²) >= 11 is 0. The maximum Gasteiger partial charge on any atom is 0.339 e. The summed E-state index contributed by atoms with van der Waals surface area (Å²) in [6.07, 6.45) is 13.8. The number of hydrogen-bond donors (Lipinski definition) is 2. The van der Waals surface area contributed by atoms with Crippen LogP contribution in [0.3, 0.4) is 0 Å². The Bertz CT molecular complexity index is 1390. The van der Waals surface area contributed by atoms with Gasteiger partial charge in [0.05, 0.1) is 18.6 Å². The SMILES string of the molecule is CC#CCOc1ccc(C[C@@H](COC(C)=O)NC(=O)[C@@H](C=CCCCCCCC(=O)CCCCCCC)[C@@](O)(CCOC(C)=O)C(=O)OC(C)(C)C)cc1. The first-order chi connectivity index (χ1) is 25.6. The Morgan fingerprint density at radius 1 is 0.870 bits per heavy atom. The molecule has 0 aliphatic carbocycles. The van der Waals surface area contributed by atoms with Gasteiger partial charge in [0.1, 0.15) is 30.3 Å². The highest BCUT2D eigenvalue weighted by atomic mass is 16.6. The molecule has 0 heterocycles. The normalized spacial score (nSPS) is 13.5. The van der Waals surface area contributed by atoms with Gasteiger partial charge in [0.25, 0.3) is 0 Å². The van der Waals surface area contributed by atoms with E-state index in [-0.39, 0.29) is 26.2 Å². The van der Waals surface area contributed by atoms with Gasteiger partial charge < -0.3 is 29.4 Å². The number of aliphatic hydroxyl groups is 1. The van der Waals surface area contributed by atoms with E-state index in [0.717, 1.165) is 44.1 Å². The lowest BCUT2D eigenvalue weighted by Gasteiger charge is -2.35. The minimum absolute atomic E-state index is 0.165. The molecule has 1 amide bonds. The lowest BCUT2D eigenvalue weighted by atomic mass is 9.82. The van der Waals surface area contributed by atoms with Crippen LogP contribution in [-0.4, -0.2) is 71.8 Å². The van der Waals surface area contributed by atoms with Gasteiger partial charge in [-0.2, -0.15) is 0 Å². The lowest BCUT2D eigenvalue weighted by molar-refractivity contribution is -0.186. The third-order valence-corrected chi connectivity index (χ3v) is 8.53. The van der Waals surface area contributed by atoms with Crippen molar-refractivity contribution in [3.8, 4) is 17.6 Å². The summed E-state index contributed by atoms with van der Waals surface area (Å²) in [5, 5.41) is 14.9. The number of carbonyl (C=O) groups excluding carboxylic acids is 5. The van der Waals surface area contributed by atoms with Gasteiger partial charge in [-0.05, 0) is 77.5 Å². The van der Waals surface area contributed by atoms with E-state index in [0.29, 0.717) is 30.8 Å². The molecular formula is C43H65NO10. The number of amides is 1. The average molecular weight is 756 g/mol. The smallest absolute Gasteiger partial charge is 0.339 e. The summed E-state index contributed by atoms with van der Waals surface area (Å²) < 4.78 is 21.6. The molecule has 0 fully saturated rings. The second kappa shape index (κ2) is 26.6. The molecule has 1 aromatic rings. The number of ether oxygens (including phenoxy) is 4. The van der Waals surface area contributed by atoms with Gasteiger partial charge in [-0.25, -0.2) is 4.79 Å². The molecule has 54 heavy (non-hydrogen) atoms. The zero-order chi connectivity index (χ0) is 40.4. The van der Waals surface area contributed by atoms with Crippen molar-refractivity contribution in [2.75, 3.05) is 19.8 Å². The maximum atomic E-state index is 14.2. The summed E-state index contributed by atoms with van der Waals surface area (Å²) in [7, 11) is 0. The first-order valence-electron chi connectivity index (χ1n) is 19.4. The topological polar surface area (TPSA) is 155 Å². The Kier molecular flexibility index (Phi) is 23.6. The molecule has 11 heteroatoms. The van der Waals surface area contributed by atoms with Gasteiger partial charge >= 0.3 is 17.9 Å². The van der Waals surface area contributed by atoms with E-state index in [9.17, 15) is 29.1 Å². The summed E-state index contributed by atoms with van der Waals surface area (Å²) in [4.78, 5) is 63.4. The third kappa shape index (κ3) is 21.5. The predicted octanol–water partition coefficient (Wildman–Crippen LogP) is 7.15. The summed E-state index contributed by atoms with van der Waals surface area (Å²) in [5.74, 6) is 2.19. The predicted molar refractivity (Wildman–Crippen MR) is 208 cm³/mol. The molecule has 302 valence electrons. The standard InChI is InChI=1S/C43H65NO10/c1-8-10-12-15-18-21-37(47)22-19-16-13-14-17-20-23-39(43(50,28-30-51-33(3)45)41(49)54-42(5,6)7)40(48)44-36(32-53-34(4)46)31-35-24-26-38(27-25-35)52-29-11-9-2/h20,23-27,36,39,50H,8,10,12-19,21-22,28-32H2,1-7H3,(H,44,48)/t36-,39+,43-/m0/s1. The highest BCUT2D eigenvalue weighted by Crippen LogP contribution is 2.29. The molecule has 0 unspecified atom stereocenters. The van der Waals surface area contributed by atoms with Gasteiger partial charge in [0.2, 0.25) is 5.91 Å². The van der Waals surface area contributed by atoms with E-state index >= 15 is 0 Å². The van der Waals surface area contributed by atoms with Crippen LogP contribution >= 0.6 is 0 Å². The second-order valence-corrected chi connectivity index (χ2v) is 14.6. The molecule has 0 saturated carbocycles. The molecule has 1 rings (SSSR count). The third-order valence-electron chi connectivity index (χ3n) is 8.53. The van der Waals surface area contributed by atoms with Crippen LogP contribution in [0, 0.1) is 17.8 Å². The van der Waals surface area contributed by atoms with E-state index in [1.54, 1.807) is 45.9 Å². The second-order valence-electron chi connectivity index (χ2n) is 14.6. The fourth-order valence-electron chi connectivity index (χ4n) is 5.64. The van der Waals surface area contributed by atoms with Gasteiger partial charge in [-0.3, -0.25) is 19.2 Å². The molecule has 0 aliphatic rings. The molecule has 11 nitrogen and oxygen atoms in total. The number of ketones is 1. The zero-order valence-corrected chi connectivity index (χ0v) is 33.8. The van der Waals surface area contributed by atoms with Crippen LogP contribution in [0.4, 0.5) is 0 Å². The van der Waals surface area contributed by atoms with Crippen molar-refractivity contribution in [3.63, 3.8) is 0 Å². The van der Waals surface area contributed by atoms with Crippen molar-refractivity contribution >= 4 is 29.6 Å². The molecule has 0 radical (unpaired) electrons. The van der Waals surface area contributed by atoms with Crippen molar-refractivity contribution < 1.29 is 48.0 Å². The Morgan fingerprint density at radius 2 is 1.48 bits per heavy atom. The number of rotatable bonds is 27. The van der Waals surface area contributed by atoms with Crippen LogP contribution in [0.2, 0.25) is 0 Å². The number of carbonyl (C=O) groups is 5. The zero-order valence-electron chi connectivity index (χ0n) is 33.8. The van der Waals surface area contributed by atoms with E-state index in [1.165, 1.54) is 39.2 Å². The number of allylic oxidation sites excluding steroid dienone is 1. The van der Waals surface area contributed by atoms with Crippen LogP contribution in [0.5, 0.6) is 5.75 Å². The summed E-state index contributed by atoms with van der Waals surface area (Å²) in [6, 6.07) is 6.45. The number of hydrogen-bond acceptors (Lipinski definition) is 10. The van der Waals surface area contributed by atoms with Gasteiger partial charge in [-0.15, -0.1) is 5.92 Å². The lowest BCUT2D eigenvalue weighted by Crippen LogP contribution is -2.56. The molecule has 1 aromatic carbocycles. The van der Waals surface area contributed by atoms with Crippen LogP contribution in [0.15, 0.2) is 36.4 Å². The monoisotopic (exact) mass is 755 g/mol. The quantitative estimate of drug-likeness (QED) is 0.0311. The Balaban J connectivity index is 3.18. The molecule has 2 N–H and O–H groups in total. The Hall–Kier alpha value is -4.17. The first-order valence-corrected chi connectivity index (χ1v) is 19.4. The molecule has 0 spiro atoms. The molecular weight excluding hydrogens is 690 g/mol. The fraction of sp³-hybridized carbons (Fsp3) is 0.651. The van der Waals surface area contributed by atoms with Crippen LogP contribution in [-0.2, 0) is 44.6 Å². The van der Waals surface area contributed by atoms with Crippen molar-refractivity contribution in [1.82, 2.24) is 5.32 Å². The number of esters is 3. The number of Topliss-reactive ketones (excluding diaryl/α,β-unsaturated/α-hetero) is 1. The minimum Gasteiger partial charge on any atom is -0.481 e. The average Bonchev–Trinajstić information content (AvgIpc) is 3.09. The molecule has 0 saturated heterocycles. The highest BCUT2D eigenvalue weighted by molar-refractivity contribution is 5.91. The van der Waals surface area contributed by atoms with Gasteiger partial charge in [-0.1, -0.05) is 75.7 Å². The van der Waals surface area contributed by atoms with Crippen LogP contribution in [0.25, 0.3) is 0 Å². The van der Waals surface area contributed by atoms with Gasteiger partial charge in [0.15, 0.2) is 5.60 Å². The molecule has 3 atom stereocenters. The van der Waals surface area contributed by atoms with E-state index in [4.69, 9.17) is 18.9 Å². The van der Waals surface area contributed by atoms with Crippen LogP contribution < -0.4 is 10.1 Å². The Labute approximate surface area is 323 Å². The van der Waals surface area contributed by atoms with Crippen molar-refractivity contribution in [1.29, 1.82) is 0 Å². The van der Waals surface area contributed by atoms with Crippen molar-refractivity contribution in [2.24, 2.45) is 5.92 Å². The molecule has 0 aliphatic heterocycles. The van der Waals surface area contributed by atoms with E-state index in [2.05, 4.69) is 24.1 Å². The molecule has 0 aromatic heterocycles. The van der Waals surface area contributed by atoms with E-state index in [1.807, 2.05) is 12.1 Å². The van der Waals surface area contributed by atoms with Crippen molar-refractivity contribution in [2.45, 2.75) is 156 Å². The van der Waals surface area contributed by atoms with Crippen molar-refractivity contribution in [3.05, 3.63) is 42.0 Å². The van der Waals surface area contributed by atoms with Crippen LogP contribution in [0.1, 0.15) is 138 Å². The maximum absolute atomic E-state index is 14.2. The molecule has 0 bridgehead atoms. The van der Waals surface area contributed by atoms with E-state index < -0.39 is 53.4 Å². The largest absolute Gasteiger partial charge is 0.481 e. The highest BCUT2D eigenvalue weighted by Gasteiger charge is 2.49. The summed E-state index contributed by atoms with van der Waals surface area (Å²) in [6.45, 7) is 11.0. The fourth-order valence-corrected chi connectivity index (χ4v) is 5.64. The number of unbranched alkanes of at least 4 members (excludes halogenated alkanes) is 8. The summed E-state index contributed by atoms with van der Waals surface area (Å²) in [5.41, 5.74) is -2.60. The van der Waals surface area contributed by atoms with Gasteiger partial charge in [0, 0.05) is 33.1 Å². The minimum atomic E-state index is -2.41. The number of nitrogens with one attached hydrogen (secondary N) is 1. The first kappa shape index (κ1) is 47.9. The Morgan fingerprint density at radius 3 is 2.06 bits per heavy atom.